The molecule has 3 aromatic rings. The minimum Gasteiger partial charge on any atom is -0.347 e. The quantitative estimate of drug-likeness (QED) is 0.697. The van der Waals surface area contributed by atoms with Gasteiger partial charge in [-0.15, -0.1) is 0 Å². The van der Waals surface area contributed by atoms with E-state index in [1.165, 1.54) is 7.11 Å². The lowest BCUT2D eigenvalue weighted by Crippen LogP contribution is -2.54. The van der Waals surface area contributed by atoms with E-state index in [-0.39, 0.29) is 5.91 Å². The van der Waals surface area contributed by atoms with Crippen LogP contribution in [0.5, 0.6) is 0 Å². The predicted molar refractivity (Wildman–Crippen MR) is 109 cm³/mol. The summed E-state index contributed by atoms with van der Waals surface area (Å²) < 4.78 is 7.23. The van der Waals surface area contributed by atoms with E-state index in [0.717, 1.165) is 11.3 Å². The molecule has 1 atom stereocenters. The highest BCUT2D eigenvalue weighted by atomic mass is 16.5. The summed E-state index contributed by atoms with van der Waals surface area (Å²) in [4.78, 5) is 21.7. The summed E-state index contributed by atoms with van der Waals surface area (Å²) in [5.41, 5.74) is 1.99. The van der Waals surface area contributed by atoms with Gasteiger partial charge in [0, 0.05) is 50.2 Å². The molecular weight excluding hydrogens is 368 g/mol. The van der Waals surface area contributed by atoms with Gasteiger partial charge in [-0.3, -0.25) is 19.4 Å². The topological polar surface area (TPSA) is 94.0 Å². The standard InChI is InChI=1S/C21H20N6O2/c1-27-14-18(19(26-27)17-8-3-4-12-23-17)24-20(28)21(29-2)10-5-9-16(25-21)15-7-6-11-22-13-15/h3-14,25H,1-2H3,(H,24,28). The molecule has 1 amide bonds. The molecule has 0 radical (unpaired) electrons. The first-order valence-corrected chi connectivity index (χ1v) is 9.01. The summed E-state index contributed by atoms with van der Waals surface area (Å²) in [7, 11) is 3.27. The van der Waals surface area contributed by atoms with Gasteiger partial charge in [0.1, 0.15) is 5.69 Å². The molecule has 2 N–H and O–H groups in total. The number of aryl methyl sites for hydroxylation is 1. The number of methoxy groups -OCH3 is 1. The van der Waals surface area contributed by atoms with E-state index in [1.807, 2.05) is 36.4 Å². The van der Waals surface area contributed by atoms with Gasteiger partial charge in [-0.1, -0.05) is 12.1 Å². The number of amides is 1. The minimum absolute atomic E-state index is 0.379. The lowest BCUT2D eigenvalue weighted by Gasteiger charge is -2.33. The van der Waals surface area contributed by atoms with Crippen LogP contribution in [0.1, 0.15) is 5.56 Å². The minimum atomic E-state index is -1.38. The molecule has 0 aliphatic carbocycles. The molecule has 0 bridgehead atoms. The Morgan fingerprint density at radius 3 is 2.86 bits per heavy atom. The van der Waals surface area contributed by atoms with E-state index in [1.54, 1.807) is 48.7 Å². The van der Waals surface area contributed by atoms with Gasteiger partial charge in [-0.05, 0) is 36.4 Å². The number of carbonyl (C=O) groups is 1. The summed E-state index contributed by atoms with van der Waals surface area (Å²) in [5.74, 6) is -0.379. The molecule has 1 unspecified atom stereocenters. The zero-order valence-electron chi connectivity index (χ0n) is 16.0. The molecule has 0 saturated carbocycles. The highest BCUT2D eigenvalue weighted by Crippen LogP contribution is 2.27. The first-order chi connectivity index (χ1) is 14.1. The molecule has 0 aromatic carbocycles. The lowest BCUT2D eigenvalue weighted by atomic mass is 10.0. The normalized spacial score (nSPS) is 18.1. The van der Waals surface area contributed by atoms with Crippen LogP contribution >= 0.6 is 0 Å². The van der Waals surface area contributed by atoms with Crippen molar-refractivity contribution in [2.24, 2.45) is 7.05 Å². The van der Waals surface area contributed by atoms with Crippen LogP contribution in [0.2, 0.25) is 0 Å². The molecule has 8 nitrogen and oxygen atoms in total. The van der Waals surface area contributed by atoms with Crippen molar-refractivity contribution in [1.82, 2.24) is 25.1 Å². The van der Waals surface area contributed by atoms with Gasteiger partial charge in [0.25, 0.3) is 5.91 Å². The Bertz CT molecular complexity index is 1080. The maximum Gasteiger partial charge on any atom is 0.282 e. The Morgan fingerprint density at radius 2 is 2.14 bits per heavy atom. The van der Waals surface area contributed by atoms with E-state index in [4.69, 9.17) is 4.74 Å². The van der Waals surface area contributed by atoms with Gasteiger partial charge in [0.05, 0.1) is 11.4 Å². The summed E-state index contributed by atoms with van der Waals surface area (Å²) in [6.45, 7) is 0. The fraction of sp³-hybridized carbons (Fsp3) is 0.143. The Labute approximate surface area is 168 Å². The van der Waals surface area contributed by atoms with Crippen LogP contribution in [-0.2, 0) is 16.6 Å². The van der Waals surface area contributed by atoms with Crippen molar-refractivity contribution in [3.8, 4) is 11.4 Å². The maximum atomic E-state index is 13.2. The first-order valence-electron chi connectivity index (χ1n) is 9.01. The van der Waals surface area contributed by atoms with Crippen LogP contribution in [0.4, 0.5) is 5.69 Å². The number of nitrogens with zero attached hydrogens (tertiary/aromatic N) is 4. The number of rotatable bonds is 5. The summed E-state index contributed by atoms with van der Waals surface area (Å²) in [5, 5.41) is 10.5. The first kappa shape index (κ1) is 18.6. The van der Waals surface area contributed by atoms with Gasteiger partial charge in [0.15, 0.2) is 0 Å². The molecular formula is C21H20N6O2. The largest absolute Gasteiger partial charge is 0.347 e. The highest BCUT2D eigenvalue weighted by Gasteiger charge is 2.39. The van der Waals surface area contributed by atoms with Gasteiger partial charge < -0.3 is 15.4 Å². The van der Waals surface area contributed by atoms with Gasteiger partial charge >= 0.3 is 0 Å². The number of aromatic nitrogens is 4. The van der Waals surface area contributed by atoms with Crippen LogP contribution in [0.15, 0.2) is 73.3 Å². The van der Waals surface area contributed by atoms with Crippen LogP contribution in [-0.4, -0.2) is 38.5 Å². The van der Waals surface area contributed by atoms with Crippen LogP contribution in [0.3, 0.4) is 0 Å². The van der Waals surface area contributed by atoms with Crippen molar-refractivity contribution < 1.29 is 9.53 Å². The van der Waals surface area contributed by atoms with Gasteiger partial charge in [-0.2, -0.15) is 5.10 Å². The number of anilines is 1. The number of pyridine rings is 2. The third-order valence-electron chi connectivity index (χ3n) is 4.53. The molecule has 0 spiro atoms. The molecule has 4 heterocycles. The molecule has 29 heavy (non-hydrogen) atoms. The maximum absolute atomic E-state index is 13.2. The van der Waals surface area contributed by atoms with Crippen molar-refractivity contribution >= 4 is 17.3 Å². The average molecular weight is 388 g/mol. The molecule has 1 aliphatic rings. The number of hydrogen-bond donors (Lipinski definition) is 2. The number of allylic oxidation sites excluding steroid dienone is 2. The summed E-state index contributed by atoms with van der Waals surface area (Å²) >= 11 is 0. The van der Waals surface area contributed by atoms with Gasteiger partial charge in [-0.25, -0.2) is 0 Å². The van der Waals surface area contributed by atoms with Crippen LogP contribution < -0.4 is 10.6 Å². The Morgan fingerprint density at radius 1 is 1.24 bits per heavy atom. The number of dihydropyridines is 1. The number of hydrogen-bond acceptors (Lipinski definition) is 6. The average Bonchev–Trinajstić information content (AvgIpc) is 3.15. The smallest absolute Gasteiger partial charge is 0.282 e. The number of ether oxygens (including phenoxy) is 1. The highest BCUT2D eigenvalue weighted by molar-refractivity contribution is 6.02. The molecule has 0 saturated heterocycles. The second-order valence-electron chi connectivity index (χ2n) is 6.48. The number of carbonyl (C=O) groups excluding carboxylic acids is 1. The molecule has 1 aliphatic heterocycles. The van der Waals surface area contributed by atoms with E-state index >= 15 is 0 Å². The van der Waals surface area contributed by atoms with Crippen LogP contribution in [0.25, 0.3) is 17.1 Å². The Kier molecular flexibility index (Phi) is 4.92. The van der Waals surface area contributed by atoms with E-state index in [2.05, 4.69) is 25.7 Å². The van der Waals surface area contributed by atoms with Crippen molar-refractivity contribution in [2.75, 3.05) is 12.4 Å². The number of nitrogens with one attached hydrogen (secondary N) is 2. The van der Waals surface area contributed by atoms with Crippen LogP contribution in [0, 0.1) is 0 Å². The third-order valence-corrected chi connectivity index (χ3v) is 4.53. The Balaban J connectivity index is 1.61. The zero-order chi connectivity index (χ0) is 20.3. The third kappa shape index (κ3) is 3.65. The van der Waals surface area contributed by atoms with Crippen molar-refractivity contribution in [3.05, 3.63) is 78.9 Å². The van der Waals surface area contributed by atoms with E-state index in [0.29, 0.717) is 17.1 Å². The van der Waals surface area contributed by atoms with E-state index < -0.39 is 5.72 Å². The van der Waals surface area contributed by atoms with Crippen molar-refractivity contribution in [1.29, 1.82) is 0 Å². The Hall–Kier alpha value is -3.78. The second-order valence-corrected chi connectivity index (χ2v) is 6.48. The molecule has 0 fully saturated rings. The molecule has 4 rings (SSSR count). The van der Waals surface area contributed by atoms with E-state index in [9.17, 15) is 4.79 Å². The van der Waals surface area contributed by atoms with Crippen molar-refractivity contribution in [3.63, 3.8) is 0 Å². The lowest BCUT2D eigenvalue weighted by molar-refractivity contribution is -0.134. The second kappa shape index (κ2) is 7.69. The predicted octanol–water partition coefficient (Wildman–Crippen LogP) is 2.36. The zero-order valence-corrected chi connectivity index (χ0v) is 16.0. The van der Waals surface area contributed by atoms with Gasteiger partial charge in [0.2, 0.25) is 5.72 Å². The summed E-state index contributed by atoms with van der Waals surface area (Å²) in [6.07, 6.45) is 12.1. The summed E-state index contributed by atoms with van der Waals surface area (Å²) in [6, 6.07) is 9.28. The molecule has 3 aromatic heterocycles. The fourth-order valence-electron chi connectivity index (χ4n) is 3.09. The monoisotopic (exact) mass is 388 g/mol. The molecule has 146 valence electrons. The molecule has 8 heteroatoms. The van der Waals surface area contributed by atoms with Crippen molar-refractivity contribution in [2.45, 2.75) is 5.72 Å². The SMILES string of the molecule is COC1(C(=O)Nc2cn(C)nc2-c2ccccn2)C=CC=C(c2cccnc2)N1. The fourth-order valence-corrected chi connectivity index (χ4v) is 3.09.